The number of nitrogens with two attached hydrogens (primary N) is 1. The van der Waals surface area contributed by atoms with E-state index in [1.54, 1.807) is 24.0 Å². The second-order valence-corrected chi connectivity index (χ2v) is 5.33. The molecule has 0 fully saturated rings. The molecule has 2 rings (SSSR count). The topological polar surface area (TPSA) is 56.0 Å². The number of carbonyl (C=O) groups excluding carboxylic acids is 1. The van der Waals surface area contributed by atoms with Crippen LogP contribution in [-0.2, 0) is 11.2 Å². The number of aryl methyl sites for hydroxylation is 1. The molecule has 0 saturated carbocycles. The van der Waals surface area contributed by atoms with Crippen LogP contribution in [0.15, 0.2) is 47.5 Å². The fraction of sp³-hybridized carbons (Fsp3) is 0.200. The molecule has 3 nitrogen and oxygen atoms in total. The standard InChI is InChI=1S/C15H16N2OS/c1-11-5-2-3-7-14(11)19-10-13(18)9-12-6-4-8-17-15(12)16/h2-8H,9-10H2,1H3,(H2,16,17). The number of thioether (sulfide) groups is 1. The third kappa shape index (κ3) is 3.83. The fourth-order valence-corrected chi connectivity index (χ4v) is 2.63. The van der Waals surface area contributed by atoms with E-state index in [2.05, 4.69) is 4.98 Å². The molecule has 1 heterocycles. The Morgan fingerprint density at radius 2 is 2.05 bits per heavy atom. The maximum Gasteiger partial charge on any atom is 0.147 e. The molecule has 19 heavy (non-hydrogen) atoms. The minimum Gasteiger partial charge on any atom is -0.383 e. The third-order valence-corrected chi connectivity index (χ3v) is 4.03. The first kappa shape index (κ1) is 13.6. The van der Waals surface area contributed by atoms with Gasteiger partial charge in [-0.2, -0.15) is 0 Å². The number of Topliss-reactive ketones (excluding diaryl/α,β-unsaturated/α-hetero) is 1. The van der Waals surface area contributed by atoms with Gasteiger partial charge in [-0.25, -0.2) is 4.98 Å². The van der Waals surface area contributed by atoms with Crippen molar-refractivity contribution in [2.24, 2.45) is 0 Å². The van der Waals surface area contributed by atoms with E-state index in [-0.39, 0.29) is 5.78 Å². The molecule has 0 aliphatic rings. The predicted octanol–water partition coefficient (Wildman–Crippen LogP) is 2.88. The van der Waals surface area contributed by atoms with Crippen molar-refractivity contribution in [1.82, 2.24) is 4.98 Å². The van der Waals surface area contributed by atoms with Crippen molar-refractivity contribution in [1.29, 1.82) is 0 Å². The van der Waals surface area contributed by atoms with E-state index >= 15 is 0 Å². The number of hydrogen-bond donors (Lipinski definition) is 1. The molecule has 1 aromatic carbocycles. The Balaban J connectivity index is 1.92. The van der Waals surface area contributed by atoms with E-state index < -0.39 is 0 Å². The Kier molecular flexibility index (Phi) is 4.58. The largest absolute Gasteiger partial charge is 0.383 e. The van der Waals surface area contributed by atoms with Crippen LogP contribution in [0.5, 0.6) is 0 Å². The van der Waals surface area contributed by atoms with Gasteiger partial charge in [0.15, 0.2) is 0 Å². The zero-order valence-electron chi connectivity index (χ0n) is 10.8. The van der Waals surface area contributed by atoms with Crippen molar-refractivity contribution in [3.8, 4) is 0 Å². The van der Waals surface area contributed by atoms with Crippen LogP contribution in [0.3, 0.4) is 0 Å². The van der Waals surface area contributed by atoms with E-state index in [1.807, 2.05) is 37.3 Å². The van der Waals surface area contributed by atoms with E-state index in [0.29, 0.717) is 18.0 Å². The van der Waals surface area contributed by atoms with Gasteiger partial charge in [-0.15, -0.1) is 11.8 Å². The van der Waals surface area contributed by atoms with E-state index in [1.165, 1.54) is 5.56 Å². The summed E-state index contributed by atoms with van der Waals surface area (Å²) in [6.07, 6.45) is 1.98. The zero-order chi connectivity index (χ0) is 13.7. The van der Waals surface area contributed by atoms with Crippen LogP contribution in [0.4, 0.5) is 5.82 Å². The van der Waals surface area contributed by atoms with Gasteiger partial charge in [0.05, 0.1) is 5.75 Å². The number of anilines is 1. The first-order chi connectivity index (χ1) is 9.16. The molecule has 2 N–H and O–H groups in total. The van der Waals surface area contributed by atoms with Gasteiger partial charge in [0.25, 0.3) is 0 Å². The maximum atomic E-state index is 11.9. The number of pyridine rings is 1. The molecule has 0 aliphatic heterocycles. The molecule has 0 unspecified atom stereocenters. The summed E-state index contributed by atoms with van der Waals surface area (Å²) >= 11 is 1.57. The second kappa shape index (κ2) is 6.38. The summed E-state index contributed by atoms with van der Waals surface area (Å²) in [5, 5.41) is 0. The van der Waals surface area contributed by atoms with Gasteiger partial charge >= 0.3 is 0 Å². The van der Waals surface area contributed by atoms with Crippen LogP contribution in [-0.4, -0.2) is 16.5 Å². The van der Waals surface area contributed by atoms with Crippen molar-refractivity contribution >= 4 is 23.4 Å². The van der Waals surface area contributed by atoms with E-state index in [0.717, 1.165) is 10.5 Å². The number of benzene rings is 1. The van der Waals surface area contributed by atoms with Gasteiger partial charge in [0.2, 0.25) is 0 Å². The van der Waals surface area contributed by atoms with Gasteiger partial charge in [-0.1, -0.05) is 24.3 Å². The number of aromatic nitrogens is 1. The summed E-state index contributed by atoms with van der Waals surface area (Å²) in [5.74, 6) is 1.06. The summed E-state index contributed by atoms with van der Waals surface area (Å²) in [7, 11) is 0. The monoisotopic (exact) mass is 272 g/mol. The molecular weight excluding hydrogens is 256 g/mol. The van der Waals surface area contributed by atoms with Crippen LogP contribution >= 0.6 is 11.8 Å². The number of nitrogen functional groups attached to an aromatic ring is 1. The van der Waals surface area contributed by atoms with Gasteiger partial charge in [-0.05, 0) is 24.6 Å². The predicted molar refractivity (Wildman–Crippen MR) is 79.3 cm³/mol. The summed E-state index contributed by atoms with van der Waals surface area (Å²) in [6, 6.07) is 11.7. The lowest BCUT2D eigenvalue weighted by Crippen LogP contribution is -2.08. The Bertz CT molecular complexity index is 584. The molecule has 1 aromatic heterocycles. The Labute approximate surface area is 117 Å². The lowest BCUT2D eigenvalue weighted by Gasteiger charge is -2.06. The van der Waals surface area contributed by atoms with Gasteiger partial charge in [0.1, 0.15) is 11.6 Å². The minimum atomic E-state index is 0.160. The lowest BCUT2D eigenvalue weighted by atomic mass is 10.1. The average Bonchev–Trinajstić information content (AvgIpc) is 2.40. The molecule has 4 heteroatoms. The Morgan fingerprint density at radius 3 is 2.79 bits per heavy atom. The highest BCUT2D eigenvalue weighted by molar-refractivity contribution is 8.00. The van der Waals surface area contributed by atoms with Crippen LogP contribution in [0.2, 0.25) is 0 Å². The number of hydrogen-bond acceptors (Lipinski definition) is 4. The van der Waals surface area contributed by atoms with Crippen LogP contribution < -0.4 is 5.73 Å². The van der Waals surface area contributed by atoms with Crippen LogP contribution in [0, 0.1) is 6.92 Å². The summed E-state index contributed by atoms with van der Waals surface area (Å²) in [6.45, 7) is 2.05. The maximum absolute atomic E-state index is 11.9. The second-order valence-electron chi connectivity index (χ2n) is 4.32. The highest BCUT2D eigenvalue weighted by atomic mass is 32.2. The highest BCUT2D eigenvalue weighted by Gasteiger charge is 2.08. The third-order valence-electron chi connectivity index (χ3n) is 2.80. The first-order valence-corrected chi connectivity index (χ1v) is 7.05. The van der Waals surface area contributed by atoms with E-state index in [4.69, 9.17) is 5.73 Å². The molecule has 2 aromatic rings. The van der Waals surface area contributed by atoms with Crippen molar-refractivity contribution in [2.45, 2.75) is 18.2 Å². The molecule has 0 spiro atoms. The van der Waals surface area contributed by atoms with Crippen molar-refractivity contribution in [3.05, 3.63) is 53.7 Å². The molecule has 0 amide bonds. The molecule has 0 saturated heterocycles. The Morgan fingerprint density at radius 1 is 1.26 bits per heavy atom. The highest BCUT2D eigenvalue weighted by Crippen LogP contribution is 2.22. The van der Waals surface area contributed by atoms with Crippen LogP contribution in [0.25, 0.3) is 0 Å². The number of rotatable bonds is 5. The van der Waals surface area contributed by atoms with Crippen molar-refractivity contribution < 1.29 is 4.79 Å². The van der Waals surface area contributed by atoms with Gasteiger partial charge in [0, 0.05) is 23.1 Å². The molecular formula is C15H16N2OS. The van der Waals surface area contributed by atoms with Gasteiger partial charge in [-0.3, -0.25) is 4.79 Å². The molecule has 0 bridgehead atoms. The van der Waals surface area contributed by atoms with Crippen molar-refractivity contribution in [2.75, 3.05) is 11.5 Å². The zero-order valence-corrected chi connectivity index (χ0v) is 11.6. The number of nitrogens with zero attached hydrogens (tertiary/aromatic N) is 1. The van der Waals surface area contributed by atoms with Gasteiger partial charge < -0.3 is 5.73 Å². The number of ketones is 1. The average molecular weight is 272 g/mol. The van der Waals surface area contributed by atoms with Crippen molar-refractivity contribution in [3.63, 3.8) is 0 Å². The fourth-order valence-electron chi connectivity index (χ4n) is 1.74. The molecule has 98 valence electrons. The molecule has 0 radical (unpaired) electrons. The lowest BCUT2D eigenvalue weighted by molar-refractivity contribution is -0.115. The minimum absolute atomic E-state index is 0.160. The summed E-state index contributed by atoms with van der Waals surface area (Å²) < 4.78 is 0. The number of carbonyl (C=O) groups is 1. The summed E-state index contributed by atoms with van der Waals surface area (Å²) in [5.41, 5.74) is 7.73. The smallest absolute Gasteiger partial charge is 0.147 e. The normalized spacial score (nSPS) is 10.4. The molecule has 0 atom stereocenters. The van der Waals surface area contributed by atoms with E-state index in [9.17, 15) is 4.79 Å². The van der Waals surface area contributed by atoms with Crippen LogP contribution in [0.1, 0.15) is 11.1 Å². The quantitative estimate of drug-likeness (QED) is 0.850. The summed E-state index contributed by atoms with van der Waals surface area (Å²) in [4.78, 5) is 17.1. The first-order valence-electron chi connectivity index (χ1n) is 6.06. The SMILES string of the molecule is Cc1ccccc1SCC(=O)Cc1cccnc1N. The molecule has 0 aliphatic carbocycles. The Hall–Kier alpha value is -1.81.